The van der Waals surface area contributed by atoms with Gasteiger partial charge in [0.05, 0.1) is 5.69 Å². The first kappa shape index (κ1) is 13.5. The zero-order chi connectivity index (χ0) is 11.8. The van der Waals surface area contributed by atoms with Crippen molar-refractivity contribution in [2.75, 3.05) is 19.0 Å². The second kappa shape index (κ2) is 7.64. The van der Waals surface area contributed by atoms with Crippen molar-refractivity contribution < 1.29 is 0 Å². The maximum Gasteiger partial charge on any atom is 0.0547 e. The summed E-state index contributed by atoms with van der Waals surface area (Å²) in [7, 11) is 0. The van der Waals surface area contributed by atoms with Crippen LogP contribution in [0.3, 0.4) is 0 Å². The van der Waals surface area contributed by atoms with Crippen LogP contribution in [-0.4, -0.2) is 28.9 Å². The molecular formula is C13H21ClN2. The molecule has 0 atom stereocenters. The molecule has 0 fully saturated rings. The van der Waals surface area contributed by atoms with Crippen LogP contribution >= 0.6 is 11.6 Å². The van der Waals surface area contributed by atoms with E-state index >= 15 is 0 Å². The molecule has 0 spiro atoms. The first-order valence-electron chi connectivity index (χ1n) is 5.97. The topological polar surface area (TPSA) is 16.1 Å². The molecule has 90 valence electrons. The molecule has 3 heteroatoms. The molecule has 1 aromatic rings. The Morgan fingerprint density at radius 2 is 2.12 bits per heavy atom. The average Bonchev–Trinajstić information content (AvgIpc) is 2.28. The van der Waals surface area contributed by atoms with Crippen LogP contribution in [0.1, 0.15) is 31.2 Å². The normalized spacial score (nSPS) is 11.0. The Kier molecular flexibility index (Phi) is 6.43. The summed E-state index contributed by atoms with van der Waals surface area (Å²) in [5.74, 6) is 0.764. The number of pyridine rings is 1. The minimum absolute atomic E-state index is 0.764. The Balaban J connectivity index is 2.43. The van der Waals surface area contributed by atoms with Crippen LogP contribution in [0.15, 0.2) is 18.2 Å². The van der Waals surface area contributed by atoms with E-state index in [0.717, 1.165) is 43.3 Å². The zero-order valence-corrected chi connectivity index (χ0v) is 11.0. The second-order valence-electron chi connectivity index (χ2n) is 4.04. The first-order chi connectivity index (χ1) is 7.76. The van der Waals surface area contributed by atoms with E-state index in [0.29, 0.717) is 0 Å². The van der Waals surface area contributed by atoms with E-state index in [4.69, 9.17) is 11.6 Å². The Morgan fingerprint density at radius 1 is 1.31 bits per heavy atom. The van der Waals surface area contributed by atoms with E-state index < -0.39 is 0 Å². The average molecular weight is 241 g/mol. The molecule has 1 aromatic heterocycles. The SMILES string of the molecule is CCN(CCCCCl)Cc1cccc(C)n1. The van der Waals surface area contributed by atoms with Crippen molar-refractivity contribution in [2.24, 2.45) is 0 Å². The molecule has 0 aromatic carbocycles. The smallest absolute Gasteiger partial charge is 0.0547 e. The molecule has 1 rings (SSSR count). The Hall–Kier alpha value is -0.600. The van der Waals surface area contributed by atoms with Gasteiger partial charge in [-0.2, -0.15) is 0 Å². The van der Waals surface area contributed by atoms with Gasteiger partial charge in [0, 0.05) is 18.1 Å². The lowest BCUT2D eigenvalue weighted by Gasteiger charge is -2.19. The number of alkyl halides is 1. The summed E-state index contributed by atoms with van der Waals surface area (Å²) in [6, 6.07) is 6.20. The van der Waals surface area contributed by atoms with Gasteiger partial charge in [-0.25, -0.2) is 0 Å². The lowest BCUT2D eigenvalue weighted by molar-refractivity contribution is 0.272. The quantitative estimate of drug-likeness (QED) is 0.537. The molecule has 16 heavy (non-hydrogen) atoms. The van der Waals surface area contributed by atoms with E-state index in [9.17, 15) is 0 Å². The van der Waals surface area contributed by atoms with Crippen LogP contribution < -0.4 is 0 Å². The lowest BCUT2D eigenvalue weighted by Crippen LogP contribution is -2.24. The minimum Gasteiger partial charge on any atom is -0.298 e. The summed E-state index contributed by atoms with van der Waals surface area (Å²) in [6.07, 6.45) is 2.27. The van der Waals surface area contributed by atoms with Gasteiger partial charge in [0.15, 0.2) is 0 Å². The third-order valence-corrected chi connectivity index (χ3v) is 2.90. The lowest BCUT2D eigenvalue weighted by atomic mass is 10.2. The fourth-order valence-corrected chi connectivity index (χ4v) is 1.88. The third kappa shape index (κ3) is 4.95. The van der Waals surface area contributed by atoms with Crippen LogP contribution in [-0.2, 0) is 6.54 Å². The molecule has 2 nitrogen and oxygen atoms in total. The highest BCUT2D eigenvalue weighted by Gasteiger charge is 2.04. The number of aryl methyl sites for hydroxylation is 1. The van der Waals surface area contributed by atoms with Crippen LogP contribution in [0.2, 0.25) is 0 Å². The van der Waals surface area contributed by atoms with Crippen molar-refractivity contribution in [1.29, 1.82) is 0 Å². The molecule has 0 saturated carbocycles. The molecule has 0 aliphatic heterocycles. The van der Waals surface area contributed by atoms with Crippen molar-refractivity contribution in [2.45, 2.75) is 33.2 Å². The molecule has 0 aliphatic rings. The minimum atomic E-state index is 0.764. The highest BCUT2D eigenvalue weighted by atomic mass is 35.5. The van der Waals surface area contributed by atoms with Crippen molar-refractivity contribution >= 4 is 11.6 Å². The molecule has 0 radical (unpaired) electrons. The fourth-order valence-electron chi connectivity index (χ4n) is 1.70. The molecule has 1 heterocycles. The summed E-state index contributed by atoms with van der Waals surface area (Å²) < 4.78 is 0. The standard InChI is InChI=1S/C13H21ClN2/c1-3-16(10-5-4-9-14)11-13-8-6-7-12(2)15-13/h6-8H,3-5,9-11H2,1-2H3. The predicted molar refractivity (Wildman–Crippen MR) is 69.9 cm³/mol. The molecule has 0 saturated heterocycles. The molecular weight excluding hydrogens is 220 g/mol. The predicted octanol–water partition coefficient (Wildman–Crippen LogP) is 3.23. The summed E-state index contributed by atoms with van der Waals surface area (Å²) in [6.45, 7) is 7.35. The molecule has 0 amide bonds. The van der Waals surface area contributed by atoms with Crippen LogP contribution in [0.4, 0.5) is 0 Å². The molecule has 0 N–H and O–H groups in total. The third-order valence-electron chi connectivity index (χ3n) is 2.64. The largest absolute Gasteiger partial charge is 0.298 e. The summed E-state index contributed by atoms with van der Waals surface area (Å²) in [4.78, 5) is 6.93. The highest BCUT2D eigenvalue weighted by Crippen LogP contribution is 2.05. The number of rotatable bonds is 7. The fraction of sp³-hybridized carbons (Fsp3) is 0.615. The van der Waals surface area contributed by atoms with Gasteiger partial charge in [-0.1, -0.05) is 13.0 Å². The van der Waals surface area contributed by atoms with E-state index in [1.807, 2.05) is 13.0 Å². The van der Waals surface area contributed by atoms with Gasteiger partial charge in [0.1, 0.15) is 0 Å². The van der Waals surface area contributed by atoms with E-state index in [-0.39, 0.29) is 0 Å². The second-order valence-corrected chi connectivity index (χ2v) is 4.41. The summed E-state index contributed by atoms with van der Waals surface area (Å²) in [5, 5.41) is 0. The van der Waals surface area contributed by atoms with Gasteiger partial charge < -0.3 is 0 Å². The number of aromatic nitrogens is 1. The molecule has 0 aliphatic carbocycles. The van der Waals surface area contributed by atoms with E-state index in [1.54, 1.807) is 0 Å². The van der Waals surface area contributed by atoms with Crippen LogP contribution in [0.25, 0.3) is 0 Å². The molecule has 0 bridgehead atoms. The van der Waals surface area contributed by atoms with Gasteiger partial charge in [-0.3, -0.25) is 9.88 Å². The maximum absolute atomic E-state index is 5.68. The Morgan fingerprint density at radius 3 is 2.75 bits per heavy atom. The van der Waals surface area contributed by atoms with Gasteiger partial charge >= 0.3 is 0 Å². The molecule has 0 unspecified atom stereocenters. The van der Waals surface area contributed by atoms with E-state index in [2.05, 4.69) is 28.9 Å². The Labute approximate surface area is 104 Å². The summed E-state index contributed by atoms with van der Waals surface area (Å²) in [5.41, 5.74) is 2.25. The zero-order valence-electron chi connectivity index (χ0n) is 10.2. The van der Waals surface area contributed by atoms with Gasteiger partial charge in [0.2, 0.25) is 0 Å². The number of hydrogen-bond acceptors (Lipinski definition) is 2. The maximum atomic E-state index is 5.68. The van der Waals surface area contributed by atoms with Crippen molar-refractivity contribution in [3.05, 3.63) is 29.6 Å². The number of hydrogen-bond donors (Lipinski definition) is 0. The van der Waals surface area contributed by atoms with E-state index in [1.165, 1.54) is 6.42 Å². The number of nitrogens with zero attached hydrogens (tertiary/aromatic N) is 2. The van der Waals surface area contributed by atoms with Crippen LogP contribution in [0, 0.1) is 6.92 Å². The summed E-state index contributed by atoms with van der Waals surface area (Å²) >= 11 is 5.68. The van der Waals surface area contributed by atoms with Gasteiger partial charge in [-0.05, 0) is 45.0 Å². The van der Waals surface area contributed by atoms with Crippen molar-refractivity contribution in [3.8, 4) is 0 Å². The highest BCUT2D eigenvalue weighted by molar-refractivity contribution is 6.17. The number of unbranched alkanes of at least 4 members (excludes halogenated alkanes) is 1. The van der Waals surface area contributed by atoms with Crippen LogP contribution in [0.5, 0.6) is 0 Å². The van der Waals surface area contributed by atoms with Gasteiger partial charge in [-0.15, -0.1) is 11.6 Å². The van der Waals surface area contributed by atoms with Crippen molar-refractivity contribution in [1.82, 2.24) is 9.88 Å². The monoisotopic (exact) mass is 240 g/mol. The van der Waals surface area contributed by atoms with Gasteiger partial charge in [0.25, 0.3) is 0 Å². The number of halogens is 1. The first-order valence-corrected chi connectivity index (χ1v) is 6.50. The van der Waals surface area contributed by atoms with Crippen molar-refractivity contribution in [3.63, 3.8) is 0 Å². The Bertz CT molecular complexity index is 302.